The van der Waals surface area contributed by atoms with Gasteiger partial charge >= 0.3 is 0 Å². The van der Waals surface area contributed by atoms with Gasteiger partial charge in [0.15, 0.2) is 5.11 Å². The Morgan fingerprint density at radius 3 is 2.90 bits per heavy atom. The topological polar surface area (TPSA) is 45.7 Å². The van der Waals surface area contributed by atoms with Gasteiger partial charge in [-0.15, -0.1) is 0 Å². The van der Waals surface area contributed by atoms with Gasteiger partial charge in [-0.2, -0.15) is 11.8 Å². The third-order valence-corrected chi connectivity index (χ3v) is 4.77. The molecule has 0 unspecified atom stereocenters. The molecular weight excluding hydrogens is 304 g/mol. The SMILES string of the molecule is CSCCCNC(=S)N1CC[NH+](Cc2cc(C)on2)CC1. The Labute approximate surface area is 136 Å². The number of thioether (sulfide) groups is 1. The van der Waals surface area contributed by atoms with Gasteiger partial charge in [-0.1, -0.05) is 5.16 Å². The molecule has 2 heterocycles. The minimum Gasteiger partial charge on any atom is -0.363 e. The van der Waals surface area contributed by atoms with Crippen LogP contribution in [0, 0.1) is 6.92 Å². The number of thiocarbonyl (C=S) groups is 1. The molecule has 1 aliphatic rings. The van der Waals surface area contributed by atoms with Gasteiger partial charge in [-0.05, 0) is 37.6 Å². The number of nitrogens with zero attached hydrogens (tertiary/aromatic N) is 2. The zero-order chi connectivity index (χ0) is 15.1. The van der Waals surface area contributed by atoms with Crippen molar-refractivity contribution in [2.75, 3.05) is 44.7 Å². The fourth-order valence-corrected chi connectivity index (χ4v) is 3.20. The van der Waals surface area contributed by atoms with Crippen LogP contribution >= 0.6 is 24.0 Å². The van der Waals surface area contributed by atoms with Crippen molar-refractivity contribution in [3.05, 3.63) is 17.5 Å². The second-order valence-corrected chi connectivity index (χ2v) is 6.79. The first-order valence-corrected chi connectivity index (χ1v) is 9.26. The molecule has 0 atom stereocenters. The van der Waals surface area contributed by atoms with Crippen LogP contribution in [0.25, 0.3) is 0 Å². The Morgan fingerprint density at radius 2 is 2.29 bits per heavy atom. The third kappa shape index (κ3) is 5.48. The summed E-state index contributed by atoms with van der Waals surface area (Å²) in [5.74, 6) is 2.07. The highest BCUT2D eigenvalue weighted by atomic mass is 32.2. The van der Waals surface area contributed by atoms with Gasteiger partial charge < -0.3 is 19.6 Å². The maximum absolute atomic E-state index is 5.47. The average molecular weight is 330 g/mol. The summed E-state index contributed by atoms with van der Waals surface area (Å²) in [6.45, 7) is 8.08. The summed E-state index contributed by atoms with van der Waals surface area (Å²) >= 11 is 7.34. The summed E-state index contributed by atoms with van der Waals surface area (Å²) in [6, 6.07) is 2.03. The number of rotatable bonds is 6. The van der Waals surface area contributed by atoms with Gasteiger partial charge in [0.05, 0.1) is 26.2 Å². The highest BCUT2D eigenvalue weighted by Gasteiger charge is 2.22. The first-order valence-electron chi connectivity index (χ1n) is 7.46. The van der Waals surface area contributed by atoms with Gasteiger partial charge in [0, 0.05) is 12.6 Å². The molecule has 5 nitrogen and oxygen atoms in total. The number of hydrogen-bond acceptors (Lipinski definition) is 4. The number of quaternary nitrogens is 1. The molecular formula is C14H25N4OS2+. The van der Waals surface area contributed by atoms with Crippen molar-refractivity contribution >= 4 is 29.1 Å². The zero-order valence-corrected chi connectivity index (χ0v) is 14.5. The van der Waals surface area contributed by atoms with E-state index in [2.05, 4.69) is 21.6 Å². The third-order valence-electron chi connectivity index (χ3n) is 3.67. The van der Waals surface area contributed by atoms with Gasteiger partial charge in [0.1, 0.15) is 18.0 Å². The number of piperazine rings is 1. The van der Waals surface area contributed by atoms with E-state index in [0.29, 0.717) is 0 Å². The van der Waals surface area contributed by atoms with E-state index >= 15 is 0 Å². The van der Waals surface area contributed by atoms with Crippen LogP contribution in [0.3, 0.4) is 0 Å². The standard InChI is InChI=1S/C14H24N4OS2/c1-12-10-13(16-19-12)11-17-5-7-18(8-6-17)14(20)15-4-3-9-21-2/h10H,3-9,11H2,1-2H3,(H,15,20)/p+1. The zero-order valence-electron chi connectivity index (χ0n) is 12.9. The monoisotopic (exact) mass is 329 g/mol. The van der Waals surface area contributed by atoms with Gasteiger partial charge in [-0.25, -0.2) is 0 Å². The Balaban J connectivity index is 1.66. The van der Waals surface area contributed by atoms with Crippen LogP contribution in [0.2, 0.25) is 0 Å². The highest BCUT2D eigenvalue weighted by molar-refractivity contribution is 7.98. The molecule has 2 N–H and O–H groups in total. The van der Waals surface area contributed by atoms with E-state index in [0.717, 1.165) is 62.3 Å². The molecule has 7 heteroatoms. The Morgan fingerprint density at radius 1 is 1.52 bits per heavy atom. The van der Waals surface area contributed by atoms with Gasteiger partial charge in [-0.3, -0.25) is 0 Å². The predicted molar refractivity (Wildman–Crippen MR) is 90.8 cm³/mol. The highest BCUT2D eigenvalue weighted by Crippen LogP contribution is 2.00. The van der Waals surface area contributed by atoms with Crippen molar-refractivity contribution in [3.8, 4) is 0 Å². The number of hydrogen-bond donors (Lipinski definition) is 2. The van der Waals surface area contributed by atoms with Gasteiger partial charge in [0.2, 0.25) is 0 Å². The van der Waals surface area contributed by atoms with E-state index in [-0.39, 0.29) is 0 Å². The largest absolute Gasteiger partial charge is 0.363 e. The lowest BCUT2D eigenvalue weighted by Gasteiger charge is -2.33. The predicted octanol–water partition coefficient (Wildman–Crippen LogP) is 0.311. The van der Waals surface area contributed by atoms with Crippen LogP contribution in [-0.2, 0) is 6.54 Å². The van der Waals surface area contributed by atoms with Crippen LogP contribution < -0.4 is 10.2 Å². The van der Waals surface area contributed by atoms with Crippen molar-refractivity contribution in [1.82, 2.24) is 15.4 Å². The van der Waals surface area contributed by atoms with E-state index < -0.39 is 0 Å². The van der Waals surface area contributed by atoms with E-state index in [9.17, 15) is 0 Å². The summed E-state index contributed by atoms with van der Waals surface area (Å²) in [4.78, 5) is 3.83. The van der Waals surface area contributed by atoms with E-state index in [1.807, 2.05) is 24.8 Å². The van der Waals surface area contributed by atoms with Crippen LogP contribution in [-0.4, -0.2) is 59.9 Å². The summed E-state index contributed by atoms with van der Waals surface area (Å²) < 4.78 is 5.12. The van der Waals surface area contributed by atoms with Crippen molar-refractivity contribution in [3.63, 3.8) is 0 Å². The first-order chi connectivity index (χ1) is 10.2. The van der Waals surface area contributed by atoms with Crippen LogP contribution in [0.5, 0.6) is 0 Å². The van der Waals surface area contributed by atoms with E-state index in [1.165, 1.54) is 5.75 Å². The molecule has 1 fully saturated rings. The lowest BCUT2D eigenvalue weighted by Crippen LogP contribution is -3.13. The molecule has 1 aliphatic heterocycles. The van der Waals surface area contributed by atoms with Gasteiger partial charge in [0.25, 0.3) is 0 Å². The van der Waals surface area contributed by atoms with Crippen LogP contribution in [0.15, 0.2) is 10.6 Å². The number of aryl methyl sites for hydroxylation is 1. The summed E-state index contributed by atoms with van der Waals surface area (Å²) in [7, 11) is 0. The van der Waals surface area contributed by atoms with Crippen LogP contribution in [0.4, 0.5) is 0 Å². The van der Waals surface area contributed by atoms with Crippen molar-refractivity contribution in [2.45, 2.75) is 19.9 Å². The summed E-state index contributed by atoms with van der Waals surface area (Å²) in [5, 5.41) is 8.34. The normalized spacial score (nSPS) is 16.2. The maximum atomic E-state index is 5.47. The molecule has 0 radical (unpaired) electrons. The molecule has 21 heavy (non-hydrogen) atoms. The molecule has 0 bridgehead atoms. The molecule has 0 aliphatic carbocycles. The van der Waals surface area contributed by atoms with E-state index in [4.69, 9.17) is 16.7 Å². The molecule has 0 aromatic carbocycles. The maximum Gasteiger partial charge on any atom is 0.169 e. The lowest BCUT2D eigenvalue weighted by molar-refractivity contribution is -0.917. The van der Waals surface area contributed by atoms with Crippen LogP contribution in [0.1, 0.15) is 17.9 Å². The van der Waals surface area contributed by atoms with Crippen molar-refractivity contribution < 1.29 is 9.42 Å². The van der Waals surface area contributed by atoms with Crippen molar-refractivity contribution in [2.24, 2.45) is 0 Å². The fraction of sp³-hybridized carbons (Fsp3) is 0.714. The second-order valence-electron chi connectivity index (χ2n) is 5.42. The van der Waals surface area contributed by atoms with E-state index in [1.54, 1.807) is 4.90 Å². The summed E-state index contributed by atoms with van der Waals surface area (Å²) in [6.07, 6.45) is 3.30. The fourth-order valence-electron chi connectivity index (χ4n) is 2.48. The smallest absolute Gasteiger partial charge is 0.169 e. The minimum absolute atomic E-state index is 0.888. The first kappa shape index (κ1) is 16.6. The molecule has 1 aromatic rings. The lowest BCUT2D eigenvalue weighted by atomic mass is 10.3. The second kappa shape index (κ2) is 8.60. The molecule has 0 spiro atoms. The molecule has 1 saturated heterocycles. The summed E-state index contributed by atoms with van der Waals surface area (Å²) in [5.41, 5.74) is 1.05. The molecule has 0 amide bonds. The number of nitrogens with one attached hydrogen (secondary N) is 2. The Kier molecular flexibility index (Phi) is 6.79. The molecule has 0 saturated carbocycles. The minimum atomic E-state index is 0.888. The molecule has 1 aromatic heterocycles. The van der Waals surface area contributed by atoms with Crippen molar-refractivity contribution in [1.29, 1.82) is 0 Å². The number of aromatic nitrogens is 1. The Bertz CT molecular complexity index is 444. The molecule has 2 rings (SSSR count). The Hall–Kier alpha value is -0.790. The molecule has 118 valence electrons. The average Bonchev–Trinajstić information content (AvgIpc) is 2.89. The quantitative estimate of drug-likeness (QED) is 0.579.